The van der Waals surface area contributed by atoms with Gasteiger partial charge in [-0.25, -0.2) is 0 Å². The monoisotopic (exact) mass is 207 g/mol. The average Bonchev–Trinajstić information content (AvgIpc) is 2.72. The Kier molecular flexibility index (Phi) is 1.90. The van der Waals surface area contributed by atoms with Gasteiger partial charge in [0, 0.05) is 0 Å². The summed E-state index contributed by atoms with van der Waals surface area (Å²) >= 11 is 0. The zero-order chi connectivity index (χ0) is 11.2. The fraction of sp³-hybridized carbons (Fsp3) is 0.600. The molecule has 0 bridgehead atoms. The number of rotatable bonds is 2. The molecule has 2 fully saturated rings. The Hall–Kier alpha value is -1.70. The second-order valence-electron chi connectivity index (χ2n) is 4.12. The quantitative estimate of drug-likeness (QED) is 0.476. The first-order valence-electron chi connectivity index (χ1n) is 4.66. The van der Waals surface area contributed by atoms with Crippen molar-refractivity contribution in [3.05, 3.63) is 0 Å². The Morgan fingerprint density at radius 3 is 2.73 bits per heavy atom. The fourth-order valence-corrected chi connectivity index (χ4v) is 2.24. The van der Waals surface area contributed by atoms with E-state index in [0.717, 1.165) is 0 Å². The molecule has 1 saturated heterocycles. The molecule has 3 unspecified atom stereocenters. The normalized spacial score (nSPS) is 34.8. The van der Waals surface area contributed by atoms with E-state index in [1.165, 1.54) is 6.92 Å². The van der Waals surface area contributed by atoms with Gasteiger partial charge in [-0.05, 0) is 19.3 Å². The smallest absolute Gasteiger partial charge is 0.320 e. The highest BCUT2D eigenvalue weighted by Gasteiger charge is 2.69. The van der Waals surface area contributed by atoms with Gasteiger partial charge in [-0.2, -0.15) is 5.26 Å². The lowest BCUT2D eigenvalue weighted by atomic mass is 9.92. The van der Waals surface area contributed by atoms with Crippen molar-refractivity contribution in [2.75, 3.05) is 0 Å². The average molecular weight is 207 g/mol. The van der Waals surface area contributed by atoms with Crippen molar-refractivity contribution in [2.24, 2.45) is 17.3 Å². The van der Waals surface area contributed by atoms with E-state index in [0.29, 0.717) is 6.42 Å². The van der Waals surface area contributed by atoms with E-state index >= 15 is 0 Å². The van der Waals surface area contributed by atoms with E-state index in [1.807, 2.05) is 6.07 Å². The van der Waals surface area contributed by atoms with E-state index in [1.54, 1.807) is 0 Å². The van der Waals surface area contributed by atoms with E-state index in [-0.39, 0.29) is 18.1 Å². The molecule has 2 rings (SSSR count). The van der Waals surface area contributed by atoms with Gasteiger partial charge < -0.3 is 4.74 Å². The Morgan fingerprint density at radius 2 is 2.33 bits per heavy atom. The molecule has 1 heterocycles. The zero-order valence-corrected chi connectivity index (χ0v) is 8.15. The van der Waals surface area contributed by atoms with Gasteiger partial charge in [0.25, 0.3) is 0 Å². The van der Waals surface area contributed by atoms with E-state index in [2.05, 4.69) is 4.74 Å². The number of Topliss-reactive ketones (excluding diaryl/α,β-unsaturated/α-hetero) is 1. The Balaban J connectivity index is 2.19. The van der Waals surface area contributed by atoms with Crippen molar-refractivity contribution in [1.29, 1.82) is 5.26 Å². The lowest BCUT2D eigenvalue weighted by Gasteiger charge is -2.05. The second-order valence-corrected chi connectivity index (χ2v) is 4.12. The summed E-state index contributed by atoms with van der Waals surface area (Å²) in [4.78, 5) is 33.4. The lowest BCUT2D eigenvalue weighted by molar-refractivity contribution is -0.153. The maximum Gasteiger partial charge on any atom is 0.320 e. The third kappa shape index (κ3) is 1.25. The second kappa shape index (κ2) is 2.89. The highest BCUT2D eigenvalue weighted by molar-refractivity contribution is 6.00. The molecule has 15 heavy (non-hydrogen) atoms. The molecule has 0 aromatic carbocycles. The van der Waals surface area contributed by atoms with Gasteiger partial charge in [0.05, 0.1) is 17.9 Å². The molecule has 2 aliphatic rings. The Morgan fingerprint density at radius 1 is 1.67 bits per heavy atom. The highest BCUT2D eigenvalue weighted by atomic mass is 16.6. The van der Waals surface area contributed by atoms with Crippen LogP contribution in [0.15, 0.2) is 0 Å². The number of ketones is 1. The zero-order valence-electron chi connectivity index (χ0n) is 8.15. The van der Waals surface area contributed by atoms with Crippen LogP contribution >= 0.6 is 0 Å². The van der Waals surface area contributed by atoms with Gasteiger partial charge in [-0.1, -0.05) is 0 Å². The standard InChI is InChI=1S/C10H9NO4/c1-5(12)6(4-11)7-2-10(7)3-8(13)15-9(10)14/h6-7H,2-3H2,1H3. The van der Waals surface area contributed by atoms with Crippen molar-refractivity contribution in [2.45, 2.75) is 19.8 Å². The number of carbonyl (C=O) groups excluding carboxylic acids is 3. The number of cyclic esters (lactones) is 2. The minimum atomic E-state index is -0.858. The van der Waals surface area contributed by atoms with Crippen molar-refractivity contribution >= 4 is 17.7 Å². The summed E-state index contributed by atoms with van der Waals surface area (Å²) in [6.45, 7) is 1.32. The van der Waals surface area contributed by atoms with Crippen LogP contribution in [-0.2, 0) is 19.1 Å². The summed E-state index contributed by atoms with van der Waals surface area (Å²) in [5.74, 6) is -2.50. The summed E-state index contributed by atoms with van der Waals surface area (Å²) < 4.78 is 4.45. The Bertz CT molecular complexity index is 408. The van der Waals surface area contributed by atoms with Crippen molar-refractivity contribution in [3.63, 3.8) is 0 Å². The first-order valence-corrected chi connectivity index (χ1v) is 4.66. The minimum absolute atomic E-state index is 0.0158. The number of nitriles is 1. The van der Waals surface area contributed by atoms with Crippen LogP contribution in [0.3, 0.4) is 0 Å². The van der Waals surface area contributed by atoms with Crippen molar-refractivity contribution < 1.29 is 19.1 Å². The molecule has 1 aliphatic carbocycles. The summed E-state index contributed by atoms with van der Waals surface area (Å²) in [5.41, 5.74) is -0.858. The SMILES string of the molecule is CC(=O)C(C#N)C1CC12CC(=O)OC2=O. The predicted octanol–water partition coefficient (Wildman–Crippen LogP) is 0.195. The molecule has 78 valence electrons. The van der Waals surface area contributed by atoms with E-state index in [9.17, 15) is 14.4 Å². The highest BCUT2D eigenvalue weighted by Crippen LogP contribution is 2.62. The summed E-state index contributed by atoms with van der Waals surface area (Å²) in [5, 5.41) is 8.79. The molecule has 1 aliphatic heterocycles. The molecule has 0 aromatic heterocycles. The first kappa shape index (κ1) is 9.84. The number of carbonyl (C=O) groups is 3. The molecule has 5 nitrogen and oxygen atoms in total. The molecule has 1 saturated carbocycles. The number of nitrogens with zero attached hydrogens (tertiary/aromatic N) is 1. The van der Waals surface area contributed by atoms with Crippen molar-refractivity contribution in [3.8, 4) is 6.07 Å². The molecular formula is C10H9NO4. The number of hydrogen-bond donors (Lipinski definition) is 0. The number of hydrogen-bond acceptors (Lipinski definition) is 5. The fourth-order valence-electron chi connectivity index (χ4n) is 2.24. The molecule has 1 spiro atoms. The van der Waals surface area contributed by atoms with Crippen LogP contribution in [0.2, 0.25) is 0 Å². The maximum atomic E-state index is 11.4. The lowest BCUT2D eigenvalue weighted by Crippen LogP contribution is -2.19. The molecule has 3 atom stereocenters. The van der Waals surface area contributed by atoms with E-state index < -0.39 is 23.3 Å². The Labute approximate surface area is 86.0 Å². The maximum absolute atomic E-state index is 11.4. The van der Waals surface area contributed by atoms with Crippen molar-refractivity contribution in [1.82, 2.24) is 0 Å². The first-order chi connectivity index (χ1) is 7.01. The van der Waals surface area contributed by atoms with Crippen LogP contribution < -0.4 is 0 Å². The summed E-state index contributed by atoms with van der Waals surface area (Å²) in [7, 11) is 0. The topological polar surface area (TPSA) is 84.2 Å². The van der Waals surface area contributed by atoms with Gasteiger partial charge in [-0.3, -0.25) is 14.4 Å². The number of esters is 2. The largest absolute Gasteiger partial charge is 0.393 e. The minimum Gasteiger partial charge on any atom is -0.393 e. The third-order valence-electron chi connectivity index (χ3n) is 3.19. The van der Waals surface area contributed by atoms with Crippen LogP contribution in [0.4, 0.5) is 0 Å². The van der Waals surface area contributed by atoms with Gasteiger partial charge in [0.2, 0.25) is 0 Å². The molecule has 0 radical (unpaired) electrons. The van der Waals surface area contributed by atoms with Gasteiger partial charge in [-0.15, -0.1) is 0 Å². The van der Waals surface area contributed by atoms with Gasteiger partial charge in [0.1, 0.15) is 11.7 Å². The van der Waals surface area contributed by atoms with Crippen LogP contribution in [-0.4, -0.2) is 17.7 Å². The van der Waals surface area contributed by atoms with Crippen LogP contribution in [0.5, 0.6) is 0 Å². The van der Waals surface area contributed by atoms with E-state index in [4.69, 9.17) is 5.26 Å². The van der Waals surface area contributed by atoms with Crippen LogP contribution in [0.25, 0.3) is 0 Å². The molecule has 0 aromatic rings. The molecule has 0 amide bonds. The van der Waals surface area contributed by atoms with Gasteiger partial charge in [0.15, 0.2) is 0 Å². The van der Waals surface area contributed by atoms with Crippen LogP contribution in [0, 0.1) is 28.6 Å². The summed E-state index contributed by atoms with van der Waals surface area (Å²) in [6.07, 6.45) is 0.428. The van der Waals surface area contributed by atoms with Crippen LogP contribution in [0.1, 0.15) is 19.8 Å². The number of ether oxygens (including phenoxy) is 1. The molecule has 0 N–H and O–H groups in total. The summed E-state index contributed by atoms with van der Waals surface area (Å²) in [6, 6.07) is 1.88. The molecule has 5 heteroatoms. The van der Waals surface area contributed by atoms with Gasteiger partial charge >= 0.3 is 11.9 Å². The third-order valence-corrected chi connectivity index (χ3v) is 3.19. The molecular weight excluding hydrogens is 198 g/mol. The predicted molar refractivity (Wildman–Crippen MR) is 46.0 cm³/mol.